The van der Waals surface area contributed by atoms with Crippen molar-refractivity contribution < 1.29 is 9.53 Å². The Hall–Kier alpha value is -0.390. The zero-order valence-electron chi connectivity index (χ0n) is 10.5. The average molecular weight is 379 g/mol. The van der Waals surface area contributed by atoms with E-state index >= 15 is 0 Å². The van der Waals surface area contributed by atoms with Gasteiger partial charge in [-0.15, -0.1) is 0 Å². The molecule has 1 atom stereocenters. The van der Waals surface area contributed by atoms with Crippen LogP contribution in [0, 0.1) is 6.92 Å². The lowest BCUT2D eigenvalue weighted by Gasteiger charge is -2.11. The third-order valence-electron chi connectivity index (χ3n) is 2.53. The van der Waals surface area contributed by atoms with Gasteiger partial charge in [0.15, 0.2) is 0 Å². The molecule has 1 unspecified atom stereocenters. The van der Waals surface area contributed by atoms with Crippen LogP contribution in [0.15, 0.2) is 22.7 Å². The van der Waals surface area contributed by atoms with Crippen molar-refractivity contribution in [1.29, 1.82) is 0 Å². The molecule has 0 radical (unpaired) electrons. The third kappa shape index (κ3) is 4.71. The summed E-state index contributed by atoms with van der Waals surface area (Å²) in [5, 5.41) is 2.90. The first-order valence-electron chi connectivity index (χ1n) is 5.72. The minimum atomic E-state index is -0.0531. The molecule has 1 aromatic rings. The number of methoxy groups -OCH3 is 1. The predicted molar refractivity (Wildman–Crippen MR) is 80.4 cm³/mol. The second kappa shape index (κ2) is 7.92. The van der Waals surface area contributed by atoms with E-state index in [2.05, 4.69) is 37.2 Å². The van der Waals surface area contributed by atoms with Crippen molar-refractivity contribution in [2.24, 2.45) is 0 Å². The molecular formula is C13H17Br2NO2. The van der Waals surface area contributed by atoms with Gasteiger partial charge in [0.25, 0.3) is 5.91 Å². The Balaban J connectivity index is 2.48. The Bertz CT molecular complexity index is 410. The first-order valence-corrected chi connectivity index (χ1v) is 7.43. The maximum absolute atomic E-state index is 12.0. The molecule has 0 aliphatic rings. The molecule has 1 amide bonds. The summed E-state index contributed by atoms with van der Waals surface area (Å²) >= 11 is 6.92. The van der Waals surface area contributed by atoms with E-state index in [4.69, 9.17) is 4.74 Å². The van der Waals surface area contributed by atoms with E-state index in [-0.39, 0.29) is 10.7 Å². The molecule has 1 aromatic carbocycles. The van der Waals surface area contributed by atoms with Gasteiger partial charge in [0, 0.05) is 23.0 Å². The van der Waals surface area contributed by atoms with Crippen LogP contribution in [0.1, 0.15) is 22.3 Å². The van der Waals surface area contributed by atoms with Crippen LogP contribution >= 0.6 is 31.9 Å². The lowest BCUT2D eigenvalue weighted by Crippen LogP contribution is -2.27. The van der Waals surface area contributed by atoms with Crippen LogP contribution < -0.4 is 5.32 Å². The van der Waals surface area contributed by atoms with Crippen molar-refractivity contribution in [2.75, 3.05) is 20.3 Å². The fourth-order valence-corrected chi connectivity index (χ4v) is 2.46. The second-order valence-electron chi connectivity index (χ2n) is 4.03. The van der Waals surface area contributed by atoms with Crippen LogP contribution in [0.3, 0.4) is 0 Å². The van der Waals surface area contributed by atoms with Gasteiger partial charge in [0.2, 0.25) is 0 Å². The Kier molecular flexibility index (Phi) is 6.89. The molecule has 100 valence electrons. The number of benzene rings is 1. The SMILES string of the molecule is COCC(Br)CCNC(=O)c1cccc(C)c1Br. The van der Waals surface area contributed by atoms with Gasteiger partial charge in [-0.25, -0.2) is 0 Å². The normalized spacial score (nSPS) is 12.2. The lowest BCUT2D eigenvalue weighted by molar-refractivity contribution is 0.0951. The van der Waals surface area contributed by atoms with Crippen LogP contribution in [0.4, 0.5) is 0 Å². The van der Waals surface area contributed by atoms with E-state index in [0.717, 1.165) is 16.5 Å². The number of aryl methyl sites for hydroxylation is 1. The average Bonchev–Trinajstić information content (AvgIpc) is 2.33. The van der Waals surface area contributed by atoms with Gasteiger partial charge in [-0.2, -0.15) is 0 Å². The molecule has 0 heterocycles. The molecule has 0 aliphatic carbocycles. The minimum Gasteiger partial charge on any atom is -0.384 e. The van der Waals surface area contributed by atoms with Gasteiger partial charge in [0.05, 0.1) is 12.2 Å². The van der Waals surface area contributed by atoms with E-state index in [1.807, 2.05) is 25.1 Å². The van der Waals surface area contributed by atoms with E-state index in [1.54, 1.807) is 7.11 Å². The zero-order valence-corrected chi connectivity index (χ0v) is 13.7. The maximum atomic E-state index is 12.0. The van der Waals surface area contributed by atoms with E-state index in [1.165, 1.54) is 0 Å². The van der Waals surface area contributed by atoms with E-state index < -0.39 is 0 Å². The molecule has 18 heavy (non-hydrogen) atoms. The molecule has 0 saturated carbocycles. The van der Waals surface area contributed by atoms with Gasteiger partial charge in [-0.3, -0.25) is 4.79 Å². The van der Waals surface area contributed by atoms with Crippen molar-refractivity contribution in [3.8, 4) is 0 Å². The fourth-order valence-electron chi connectivity index (χ4n) is 1.52. The number of carbonyl (C=O) groups excluding carboxylic acids is 1. The fraction of sp³-hybridized carbons (Fsp3) is 0.462. The van der Waals surface area contributed by atoms with Gasteiger partial charge >= 0.3 is 0 Å². The highest BCUT2D eigenvalue weighted by Crippen LogP contribution is 2.20. The molecule has 3 nitrogen and oxygen atoms in total. The number of halogens is 2. The highest BCUT2D eigenvalue weighted by molar-refractivity contribution is 9.10. The Labute approximate surface area is 125 Å². The molecule has 0 bridgehead atoms. The quantitative estimate of drug-likeness (QED) is 0.771. The third-order valence-corrected chi connectivity index (χ3v) is 4.30. The van der Waals surface area contributed by atoms with Crippen molar-refractivity contribution >= 4 is 37.8 Å². The molecule has 1 rings (SSSR count). The largest absolute Gasteiger partial charge is 0.384 e. The predicted octanol–water partition coefficient (Wildman–Crippen LogP) is 3.29. The number of rotatable bonds is 6. The van der Waals surface area contributed by atoms with Crippen LogP contribution in [0.2, 0.25) is 0 Å². The van der Waals surface area contributed by atoms with Crippen molar-refractivity contribution in [1.82, 2.24) is 5.32 Å². The molecular weight excluding hydrogens is 362 g/mol. The zero-order chi connectivity index (χ0) is 13.5. The van der Waals surface area contributed by atoms with Crippen molar-refractivity contribution in [3.05, 3.63) is 33.8 Å². The second-order valence-corrected chi connectivity index (χ2v) is 6.12. The van der Waals surface area contributed by atoms with E-state index in [9.17, 15) is 4.79 Å². The number of alkyl halides is 1. The van der Waals surface area contributed by atoms with Crippen molar-refractivity contribution in [3.63, 3.8) is 0 Å². The molecule has 0 saturated heterocycles. The van der Waals surface area contributed by atoms with Gasteiger partial charge < -0.3 is 10.1 Å². The summed E-state index contributed by atoms with van der Waals surface area (Å²) in [6, 6.07) is 5.66. The van der Waals surface area contributed by atoms with Gasteiger partial charge in [-0.1, -0.05) is 28.1 Å². The highest BCUT2D eigenvalue weighted by atomic mass is 79.9. The summed E-state index contributed by atoms with van der Waals surface area (Å²) in [6.45, 7) is 3.23. The molecule has 0 fully saturated rings. The number of hydrogen-bond donors (Lipinski definition) is 1. The number of amides is 1. The smallest absolute Gasteiger partial charge is 0.252 e. The number of ether oxygens (including phenoxy) is 1. The molecule has 1 N–H and O–H groups in total. The summed E-state index contributed by atoms with van der Waals surface area (Å²) in [5.74, 6) is -0.0531. The Morgan fingerprint density at radius 3 is 2.89 bits per heavy atom. The summed E-state index contributed by atoms with van der Waals surface area (Å²) in [4.78, 5) is 12.2. The number of carbonyl (C=O) groups is 1. The standard InChI is InChI=1S/C13H17Br2NO2/c1-9-4-3-5-11(12(9)15)13(17)16-7-6-10(14)8-18-2/h3-5,10H,6-8H2,1-2H3,(H,16,17). The Morgan fingerprint density at radius 2 is 2.22 bits per heavy atom. The molecule has 0 aliphatic heterocycles. The lowest BCUT2D eigenvalue weighted by atomic mass is 10.1. The van der Waals surface area contributed by atoms with Crippen LogP contribution in [-0.2, 0) is 4.74 Å². The van der Waals surface area contributed by atoms with Crippen LogP contribution in [0.5, 0.6) is 0 Å². The number of hydrogen-bond acceptors (Lipinski definition) is 2. The van der Waals surface area contributed by atoms with Crippen LogP contribution in [0.25, 0.3) is 0 Å². The first kappa shape index (κ1) is 15.7. The molecule has 0 aromatic heterocycles. The summed E-state index contributed by atoms with van der Waals surface area (Å²) in [7, 11) is 1.66. The van der Waals surface area contributed by atoms with Gasteiger partial charge in [-0.05, 0) is 40.9 Å². The number of nitrogens with one attached hydrogen (secondary N) is 1. The maximum Gasteiger partial charge on any atom is 0.252 e. The topological polar surface area (TPSA) is 38.3 Å². The minimum absolute atomic E-state index is 0.0531. The molecule has 5 heteroatoms. The summed E-state index contributed by atoms with van der Waals surface area (Å²) < 4.78 is 5.87. The van der Waals surface area contributed by atoms with Crippen molar-refractivity contribution in [2.45, 2.75) is 18.2 Å². The van der Waals surface area contributed by atoms with Gasteiger partial charge in [0.1, 0.15) is 0 Å². The monoisotopic (exact) mass is 377 g/mol. The van der Waals surface area contributed by atoms with Crippen LogP contribution in [-0.4, -0.2) is 31.0 Å². The first-order chi connectivity index (χ1) is 8.56. The van der Waals surface area contributed by atoms with E-state index in [0.29, 0.717) is 18.7 Å². The summed E-state index contributed by atoms with van der Waals surface area (Å²) in [5.41, 5.74) is 1.73. The summed E-state index contributed by atoms with van der Waals surface area (Å²) in [6.07, 6.45) is 0.836. The highest BCUT2D eigenvalue weighted by Gasteiger charge is 2.11. The Morgan fingerprint density at radius 1 is 1.50 bits per heavy atom. The molecule has 0 spiro atoms.